The van der Waals surface area contributed by atoms with Crippen molar-refractivity contribution >= 4 is 27.6 Å². The van der Waals surface area contributed by atoms with E-state index >= 15 is 0 Å². The van der Waals surface area contributed by atoms with Crippen LogP contribution in [0.15, 0.2) is 83.8 Å². The fourth-order valence-electron chi connectivity index (χ4n) is 6.04. The van der Waals surface area contributed by atoms with Gasteiger partial charge in [-0.2, -0.15) is 10.2 Å². The number of hydrogen-bond acceptors (Lipinski definition) is 8. The molecular weight excluding hydrogens is 717 g/mol. The van der Waals surface area contributed by atoms with Crippen molar-refractivity contribution in [2.75, 3.05) is 7.11 Å². The Morgan fingerprint density at radius 2 is 1.07 bits per heavy atom. The van der Waals surface area contributed by atoms with Crippen LogP contribution in [0.5, 0.6) is 0 Å². The van der Waals surface area contributed by atoms with Crippen molar-refractivity contribution in [2.45, 2.75) is 103 Å². The number of ketones is 1. The number of carbonyl (C=O) groups excluding carboxylic acids is 2. The van der Waals surface area contributed by atoms with Gasteiger partial charge in [-0.1, -0.05) is 96.1 Å². The summed E-state index contributed by atoms with van der Waals surface area (Å²) in [6.45, 7) is 20.7. The number of hydrogen-bond donors (Lipinski definition) is 1. The lowest BCUT2D eigenvalue weighted by molar-refractivity contribution is -0.139. The lowest BCUT2D eigenvalue weighted by Crippen LogP contribution is -2.40. The van der Waals surface area contributed by atoms with Gasteiger partial charge in [-0.3, -0.25) is 19.0 Å². The Balaban J connectivity index is 0.000000274. The van der Waals surface area contributed by atoms with E-state index < -0.39 is 38.2 Å². The molecule has 0 aliphatic heterocycles. The zero-order valence-electron chi connectivity index (χ0n) is 33.6. The fourth-order valence-corrected chi connectivity index (χ4v) is 7.60. The summed E-state index contributed by atoms with van der Waals surface area (Å²) in [7, 11) is -3.29. The van der Waals surface area contributed by atoms with Crippen LogP contribution in [0.25, 0.3) is 0 Å². The molecule has 0 fully saturated rings. The number of methoxy groups -OCH3 is 1. The van der Waals surface area contributed by atoms with E-state index in [-0.39, 0.29) is 28.2 Å². The zero-order chi connectivity index (χ0) is 41.0. The molecule has 3 aromatic carbocycles. The van der Waals surface area contributed by atoms with Crippen molar-refractivity contribution in [1.82, 2.24) is 19.6 Å². The summed E-state index contributed by atoms with van der Waals surface area (Å²) in [4.78, 5) is 37.8. The quantitative estimate of drug-likeness (QED) is 0.0861. The van der Waals surface area contributed by atoms with Crippen LogP contribution in [-0.4, -0.2) is 63.2 Å². The molecule has 1 atom stereocenters. The second kappa shape index (κ2) is 16.6. The van der Waals surface area contributed by atoms with E-state index in [1.807, 2.05) is 106 Å². The third-order valence-electron chi connectivity index (χ3n) is 9.51. The maximum Gasteiger partial charge on any atom is 0.354 e. The van der Waals surface area contributed by atoms with Crippen LogP contribution >= 0.6 is 0 Å². The molecule has 0 radical (unpaired) electrons. The van der Waals surface area contributed by atoms with Crippen LogP contribution in [0.3, 0.4) is 0 Å². The molecule has 2 aromatic heterocycles. The maximum absolute atomic E-state index is 13.7. The van der Waals surface area contributed by atoms with Gasteiger partial charge in [0.2, 0.25) is 11.0 Å². The van der Waals surface area contributed by atoms with Gasteiger partial charge in [0.15, 0.2) is 9.84 Å². The fraction of sp³-hybridized carbons (Fsp3) is 0.372. The number of rotatable bonds is 10. The number of carboxylic acids is 1. The second-order valence-electron chi connectivity index (χ2n) is 15.8. The molecule has 11 nitrogen and oxygen atoms in total. The molecule has 0 saturated carbocycles. The molecule has 12 heteroatoms. The summed E-state index contributed by atoms with van der Waals surface area (Å²) in [6.07, 6.45) is 0. The topological polar surface area (TPSA) is 150 Å². The van der Waals surface area contributed by atoms with Gasteiger partial charge >= 0.3 is 11.9 Å². The molecule has 0 aliphatic carbocycles. The molecule has 0 saturated heterocycles. The molecule has 0 bridgehead atoms. The number of benzene rings is 3. The highest BCUT2D eigenvalue weighted by atomic mass is 32.2. The number of aryl methyl sites for hydroxylation is 4. The van der Waals surface area contributed by atoms with Gasteiger partial charge in [-0.15, -0.1) is 0 Å². The number of aromatic nitrogens is 4. The van der Waals surface area contributed by atoms with Crippen LogP contribution in [0.2, 0.25) is 0 Å². The number of carboxylic acid groups (broad SMARTS) is 1. The number of nitrogens with zero attached hydrogens (tertiary/aromatic N) is 4. The first-order chi connectivity index (χ1) is 25.6. The molecule has 2 heterocycles. The summed E-state index contributed by atoms with van der Waals surface area (Å²) in [5.74, 6) is -2.94. The summed E-state index contributed by atoms with van der Waals surface area (Å²) in [5, 5.41) is 16.5. The molecule has 55 heavy (non-hydrogen) atoms. The number of ether oxygens (including phenoxy) is 1. The van der Waals surface area contributed by atoms with Crippen molar-refractivity contribution in [3.63, 3.8) is 0 Å². The van der Waals surface area contributed by atoms with E-state index in [0.717, 1.165) is 46.2 Å². The van der Waals surface area contributed by atoms with Crippen LogP contribution in [0.4, 0.5) is 0 Å². The Hall–Kier alpha value is -5.36. The third-order valence-corrected chi connectivity index (χ3v) is 11.5. The van der Waals surface area contributed by atoms with Gasteiger partial charge in [-0.05, 0) is 85.3 Å². The number of esters is 1. The Morgan fingerprint density at radius 3 is 1.45 bits per heavy atom. The van der Waals surface area contributed by atoms with Crippen molar-refractivity contribution in [3.05, 3.63) is 135 Å². The third kappa shape index (κ3) is 9.66. The normalized spacial score (nSPS) is 12.4. The van der Waals surface area contributed by atoms with E-state index in [9.17, 15) is 27.9 Å². The van der Waals surface area contributed by atoms with Crippen molar-refractivity contribution in [3.8, 4) is 0 Å². The van der Waals surface area contributed by atoms with Crippen molar-refractivity contribution in [2.24, 2.45) is 0 Å². The van der Waals surface area contributed by atoms with E-state index in [0.29, 0.717) is 12.2 Å². The standard InChI is InChI=1S/C26H30N2O5S.C17H22N2O2/c1-17-11-10-12-18(2)20(17)16-28-21(15-22(27-28)26(3,4)5)23(29)24(25(30)33-6)34(31,32)19-13-8-7-9-14-19;1-11-7-6-8-12(2)13(11)10-19-14(16(20)21)9-15(18-19)17(3,4)5/h7-15,24H,16H2,1-6H3;6-9H,10H2,1-5H3,(H,20,21). The molecule has 1 N–H and O–H groups in total. The maximum atomic E-state index is 13.7. The molecule has 5 aromatic rings. The first-order valence-electron chi connectivity index (χ1n) is 18.0. The van der Waals surface area contributed by atoms with Crippen LogP contribution in [0, 0.1) is 27.7 Å². The van der Waals surface area contributed by atoms with Crippen molar-refractivity contribution in [1.29, 1.82) is 0 Å². The highest BCUT2D eigenvalue weighted by molar-refractivity contribution is 7.93. The van der Waals surface area contributed by atoms with Crippen LogP contribution in [0.1, 0.15) is 107 Å². The lowest BCUT2D eigenvalue weighted by Gasteiger charge is -2.16. The van der Waals surface area contributed by atoms with Gasteiger partial charge < -0.3 is 9.84 Å². The minimum atomic E-state index is -4.36. The minimum absolute atomic E-state index is 0.0440. The highest BCUT2D eigenvalue weighted by Gasteiger charge is 2.43. The average molecular weight is 769 g/mol. The Bertz CT molecular complexity index is 2270. The van der Waals surface area contributed by atoms with Crippen LogP contribution < -0.4 is 0 Å². The lowest BCUT2D eigenvalue weighted by atomic mass is 9.92. The molecule has 5 rings (SSSR count). The van der Waals surface area contributed by atoms with E-state index in [1.165, 1.54) is 28.9 Å². The number of aromatic carboxylic acids is 1. The monoisotopic (exact) mass is 768 g/mol. The zero-order valence-corrected chi connectivity index (χ0v) is 34.4. The molecule has 0 amide bonds. The SMILES string of the molecule is COC(=O)C(C(=O)c1cc(C(C)(C)C)nn1Cc1c(C)cccc1C)S(=O)(=O)c1ccccc1.Cc1cccc(C)c1Cn1nc(C(C)(C)C)cc1C(=O)O. The van der Waals surface area contributed by atoms with Gasteiger partial charge in [0.05, 0.1) is 36.5 Å². The minimum Gasteiger partial charge on any atom is -0.477 e. The molecular formula is C43H52N4O7S. The predicted octanol–water partition coefficient (Wildman–Crippen LogP) is 7.59. The predicted molar refractivity (Wildman–Crippen MR) is 213 cm³/mol. The Labute approximate surface area is 324 Å². The largest absolute Gasteiger partial charge is 0.477 e. The highest BCUT2D eigenvalue weighted by Crippen LogP contribution is 2.28. The number of carbonyl (C=O) groups is 3. The number of sulfone groups is 1. The second-order valence-corrected chi connectivity index (χ2v) is 17.8. The Morgan fingerprint density at radius 1 is 0.673 bits per heavy atom. The van der Waals surface area contributed by atoms with Gasteiger partial charge in [0.25, 0.3) is 0 Å². The summed E-state index contributed by atoms with van der Waals surface area (Å²) < 4.78 is 34.6. The summed E-state index contributed by atoms with van der Waals surface area (Å²) in [6, 6.07) is 22.7. The first kappa shape index (κ1) is 42.4. The molecule has 0 aliphatic rings. The number of Topliss-reactive ketones (excluding diaryl/α,β-unsaturated/α-hetero) is 1. The van der Waals surface area contributed by atoms with E-state index in [4.69, 9.17) is 4.74 Å². The average Bonchev–Trinajstić information content (AvgIpc) is 3.74. The van der Waals surface area contributed by atoms with E-state index in [1.54, 1.807) is 22.9 Å². The smallest absolute Gasteiger partial charge is 0.354 e. The first-order valence-corrected chi connectivity index (χ1v) is 19.5. The summed E-state index contributed by atoms with van der Waals surface area (Å²) >= 11 is 0. The van der Waals surface area contributed by atoms with Gasteiger partial charge in [0, 0.05) is 10.8 Å². The van der Waals surface area contributed by atoms with Gasteiger partial charge in [-0.25, -0.2) is 13.2 Å². The van der Waals surface area contributed by atoms with Crippen LogP contribution in [-0.2, 0) is 43.3 Å². The summed E-state index contributed by atoms with van der Waals surface area (Å²) in [5.41, 5.74) is 7.57. The molecule has 0 spiro atoms. The Kier molecular flexibility index (Phi) is 12.8. The van der Waals surface area contributed by atoms with E-state index in [2.05, 4.69) is 10.2 Å². The molecule has 1 unspecified atom stereocenters. The van der Waals surface area contributed by atoms with Crippen molar-refractivity contribution < 1.29 is 32.6 Å². The van der Waals surface area contributed by atoms with Gasteiger partial charge in [0.1, 0.15) is 11.4 Å². The molecule has 292 valence electrons.